The van der Waals surface area contributed by atoms with E-state index in [-0.39, 0.29) is 18.2 Å². The molecule has 2 atom stereocenters. The lowest BCUT2D eigenvalue weighted by molar-refractivity contribution is -0.0689. The summed E-state index contributed by atoms with van der Waals surface area (Å²) in [4.78, 5) is 13.9. The molecule has 2 amide bonds. The molecule has 0 bridgehead atoms. The summed E-state index contributed by atoms with van der Waals surface area (Å²) in [5, 5.41) is 5.74. The Morgan fingerprint density at radius 1 is 1.20 bits per heavy atom. The highest BCUT2D eigenvalue weighted by molar-refractivity contribution is 5.73. The van der Waals surface area contributed by atoms with Crippen molar-refractivity contribution in [2.24, 2.45) is 0 Å². The van der Waals surface area contributed by atoms with Gasteiger partial charge in [0.25, 0.3) is 0 Å². The average molecular weight is 277 g/mol. The first kappa shape index (κ1) is 14.8. The quantitative estimate of drug-likeness (QED) is 0.878. The molecular weight excluding hydrogens is 254 g/mol. The lowest BCUT2D eigenvalue weighted by atomic mass is 10.2. The summed E-state index contributed by atoms with van der Waals surface area (Å²) in [5.41, 5.74) is 1.09. The number of carbonyl (C=O) groups is 1. The second-order valence-corrected chi connectivity index (χ2v) is 5.30. The summed E-state index contributed by atoms with van der Waals surface area (Å²) >= 11 is 0. The molecule has 0 saturated carbocycles. The van der Waals surface area contributed by atoms with Crippen molar-refractivity contribution in [2.75, 3.05) is 19.8 Å². The first-order chi connectivity index (χ1) is 9.63. The van der Waals surface area contributed by atoms with E-state index in [0.717, 1.165) is 18.7 Å². The van der Waals surface area contributed by atoms with E-state index in [1.807, 2.05) is 30.3 Å². The number of hydrogen-bond donors (Lipinski definition) is 2. The average Bonchev–Trinajstić information content (AvgIpc) is 2.43. The van der Waals surface area contributed by atoms with Gasteiger partial charge in [0.15, 0.2) is 0 Å². The molecule has 1 aromatic rings. The number of morpholine rings is 1. The standard InChI is InChI=1S/C15H23N3O2/c1-12-9-18(10-13(2)20-12)11-17-15(19)16-8-14-6-4-3-5-7-14/h3-7,12-13H,8-11H2,1-2H3,(H2,16,17,19). The lowest BCUT2D eigenvalue weighted by Gasteiger charge is -2.35. The number of amides is 2. The van der Waals surface area contributed by atoms with Crippen LogP contribution < -0.4 is 10.6 Å². The van der Waals surface area contributed by atoms with Gasteiger partial charge in [-0.05, 0) is 19.4 Å². The van der Waals surface area contributed by atoms with E-state index in [0.29, 0.717) is 13.2 Å². The molecule has 1 aromatic carbocycles. The Hall–Kier alpha value is -1.59. The van der Waals surface area contributed by atoms with Crippen molar-refractivity contribution < 1.29 is 9.53 Å². The van der Waals surface area contributed by atoms with Crippen LogP contribution in [-0.2, 0) is 11.3 Å². The Morgan fingerprint density at radius 3 is 2.50 bits per heavy atom. The molecule has 5 heteroatoms. The zero-order chi connectivity index (χ0) is 14.4. The van der Waals surface area contributed by atoms with Gasteiger partial charge in [-0.3, -0.25) is 4.90 Å². The number of rotatable bonds is 4. The molecule has 0 spiro atoms. The van der Waals surface area contributed by atoms with E-state index < -0.39 is 0 Å². The van der Waals surface area contributed by atoms with Gasteiger partial charge >= 0.3 is 6.03 Å². The van der Waals surface area contributed by atoms with Gasteiger partial charge in [-0.15, -0.1) is 0 Å². The third-order valence-electron chi connectivity index (χ3n) is 3.25. The summed E-state index contributed by atoms with van der Waals surface area (Å²) in [6, 6.07) is 9.74. The van der Waals surface area contributed by atoms with Crippen LogP contribution in [0.1, 0.15) is 19.4 Å². The van der Waals surface area contributed by atoms with Crippen molar-refractivity contribution in [3.05, 3.63) is 35.9 Å². The molecule has 0 aliphatic carbocycles. The monoisotopic (exact) mass is 277 g/mol. The molecule has 110 valence electrons. The van der Waals surface area contributed by atoms with Crippen LogP contribution in [0.25, 0.3) is 0 Å². The van der Waals surface area contributed by atoms with Gasteiger partial charge < -0.3 is 15.4 Å². The third kappa shape index (κ3) is 4.83. The highest BCUT2D eigenvalue weighted by atomic mass is 16.5. The van der Waals surface area contributed by atoms with E-state index >= 15 is 0 Å². The molecule has 1 aliphatic rings. The second kappa shape index (κ2) is 7.26. The molecule has 20 heavy (non-hydrogen) atoms. The fraction of sp³-hybridized carbons (Fsp3) is 0.533. The molecule has 1 fully saturated rings. The maximum Gasteiger partial charge on any atom is 0.316 e. The lowest BCUT2D eigenvalue weighted by Crippen LogP contribution is -2.51. The zero-order valence-corrected chi connectivity index (χ0v) is 12.1. The Morgan fingerprint density at radius 2 is 1.85 bits per heavy atom. The van der Waals surface area contributed by atoms with Crippen molar-refractivity contribution in [2.45, 2.75) is 32.6 Å². The highest BCUT2D eigenvalue weighted by Gasteiger charge is 2.21. The summed E-state index contributed by atoms with van der Waals surface area (Å²) in [6.07, 6.45) is 0.431. The van der Waals surface area contributed by atoms with Gasteiger partial charge in [-0.25, -0.2) is 4.79 Å². The summed E-state index contributed by atoms with van der Waals surface area (Å²) < 4.78 is 5.66. The number of ether oxygens (including phenoxy) is 1. The van der Waals surface area contributed by atoms with E-state index in [1.165, 1.54) is 0 Å². The van der Waals surface area contributed by atoms with Crippen LogP contribution in [0.5, 0.6) is 0 Å². The van der Waals surface area contributed by atoms with Gasteiger partial charge in [-0.2, -0.15) is 0 Å². The second-order valence-electron chi connectivity index (χ2n) is 5.30. The Kier molecular flexibility index (Phi) is 5.38. The van der Waals surface area contributed by atoms with Crippen molar-refractivity contribution in [3.8, 4) is 0 Å². The van der Waals surface area contributed by atoms with Crippen molar-refractivity contribution >= 4 is 6.03 Å². The number of hydrogen-bond acceptors (Lipinski definition) is 3. The molecule has 1 heterocycles. The van der Waals surface area contributed by atoms with Crippen molar-refractivity contribution in [1.29, 1.82) is 0 Å². The molecule has 2 unspecified atom stereocenters. The predicted molar refractivity (Wildman–Crippen MR) is 78.3 cm³/mol. The van der Waals surface area contributed by atoms with Crippen LogP contribution in [0.3, 0.4) is 0 Å². The number of carbonyl (C=O) groups excluding carboxylic acids is 1. The molecule has 1 saturated heterocycles. The van der Waals surface area contributed by atoms with E-state index in [1.54, 1.807) is 0 Å². The minimum atomic E-state index is -0.138. The van der Waals surface area contributed by atoms with Crippen LogP contribution in [0.4, 0.5) is 4.79 Å². The number of nitrogens with one attached hydrogen (secondary N) is 2. The van der Waals surface area contributed by atoms with Gasteiger partial charge in [0.2, 0.25) is 0 Å². The van der Waals surface area contributed by atoms with E-state index in [4.69, 9.17) is 4.74 Å². The summed E-state index contributed by atoms with van der Waals surface area (Å²) in [6.45, 7) is 6.91. The topological polar surface area (TPSA) is 53.6 Å². The zero-order valence-electron chi connectivity index (χ0n) is 12.1. The number of urea groups is 1. The first-order valence-electron chi connectivity index (χ1n) is 7.07. The van der Waals surface area contributed by atoms with E-state index in [9.17, 15) is 4.79 Å². The Labute approximate surface area is 120 Å². The Balaban J connectivity index is 1.67. The highest BCUT2D eigenvalue weighted by Crippen LogP contribution is 2.09. The van der Waals surface area contributed by atoms with Crippen molar-refractivity contribution in [1.82, 2.24) is 15.5 Å². The third-order valence-corrected chi connectivity index (χ3v) is 3.25. The van der Waals surface area contributed by atoms with Gasteiger partial charge in [0, 0.05) is 19.6 Å². The smallest absolute Gasteiger partial charge is 0.316 e. The minimum absolute atomic E-state index is 0.138. The van der Waals surface area contributed by atoms with Crippen LogP contribution in [0.2, 0.25) is 0 Å². The van der Waals surface area contributed by atoms with Gasteiger partial charge in [-0.1, -0.05) is 30.3 Å². The summed E-state index contributed by atoms with van der Waals surface area (Å²) in [5.74, 6) is 0. The molecule has 0 radical (unpaired) electrons. The number of benzene rings is 1. The molecular formula is C15H23N3O2. The Bertz CT molecular complexity index is 414. The normalized spacial score (nSPS) is 23.3. The van der Waals surface area contributed by atoms with E-state index in [2.05, 4.69) is 29.4 Å². The molecule has 2 rings (SSSR count). The molecule has 1 aliphatic heterocycles. The largest absolute Gasteiger partial charge is 0.373 e. The van der Waals surface area contributed by atoms with Crippen LogP contribution in [0, 0.1) is 0 Å². The molecule has 0 aromatic heterocycles. The van der Waals surface area contributed by atoms with Crippen LogP contribution in [-0.4, -0.2) is 42.9 Å². The fourth-order valence-electron chi connectivity index (χ4n) is 2.44. The predicted octanol–water partition coefficient (Wildman–Crippen LogP) is 1.55. The maximum absolute atomic E-state index is 11.7. The van der Waals surface area contributed by atoms with Gasteiger partial charge in [0.05, 0.1) is 18.9 Å². The first-order valence-corrected chi connectivity index (χ1v) is 7.07. The maximum atomic E-state index is 11.7. The molecule has 2 N–H and O–H groups in total. The van der Waals surface area contributed by atoms with Crippen LogP contribution in [0.15, 0.2) is 30.3 Å². The minimum Gasteiger partial charge on any atom is -0.373 e. The SMILES string of the molecule is CC1CN(CNC(=O)NCc2ccccc2)CC(C)O1. The van der Waals surface area contributed by atoms with Gasteiger partial charge in [0.1, 0.15) is 0 Å². The molecule has 5 nitrogen and oxygen atoms in total. The van der Waals surface area contributed by atoms with Crippen molar-refractivity contribution in [3.63, 3.8) is 0 Å². The summed E-state index contributed by atoms with van der Waals surface area (Å²) in [7, 11) is 0. The fourth-order valence-corrected chi connectivity index (χ4v) is 2.44. The van der Waals surface area contributed by atoms with Crippen LogP contribution >= 0.6 is 0 Å². The number of nitrogens with zero attached hydrogens (tertiary/aromatic N) is 1.